The first kappa shape index (κ1) is 16.1. The summed E-state index contributed by atoms with van der Waals surface area (Å²) in [6.07, 6.45) is 7.60. The molecule has 0 saturated carbocycles. The molecule has 0 heterocycles. The van der Waals surface area contributed by atoms with E-state index >= 15 is 0 Å². The maximum atomic E-state index is 12.2. The second-order valence-corrected chi connectivity index (χ2v) is 5.24. The van der Waals surface area contributed by atoms with Crippen LogP contribution in [0.4, 0.5) is 0 Å². The zero-order valence-electron chi connectivity index (χ0n) is 13.3. The Morgan fingerprint density at radius 1 is 1.09 bits per heavy atom. The molecule has 22 heavy (non-hydrogen) atoms. The van der Waals surface area contributed by atoms with E-state index < -0.39 is 0 Å². The van der Waals surface area contributed by atoms with Gasteiger partial charge in [-0.05, 0) is 38.5 Å². The van der Waals surface area contributed by atoms with Gasteiger partial charge in [0.05, 0.1) is 6.42 Å². The van der Waals surface area contributed by atoms with Gasteiger partial charge in [-0.3, -0.25) is 9.59 Å². The Morgan fingerprint density at radius 3 is 2.41 bits per heavy atom. The molecule has 0 spiro atoms. The summed E-state index contributed by atoms with van der Waals surface area (Å²) >= 11 is 0. The van der Waals surface area contributed by atoms with Crippen LogP contribution in [0.25, 0.3) is 0 Å². The van der Waals surface area contributed by atoms with Crippen LogP contribution >= 0.6 is 0 Å². The normalized spacial score (nSPS) is 18.9. The summed E-state index contributed by atoms with van der Waals surface area (Å²) < 4.78 is 0. The van der Waals surface area contributed by atoms with Crippen molar-refractivity contribution in [1.82, 2.24) is 4.90 Å². The number of azo groups is 1. The summed E-state index contributed by atoms with van der Waals surface area (Å²) in [5, 5.41) is 7.94. The number of ketones is 2. The highest BCUT2D eigenvalue weighted by Gasteiger charge is 2.22. The van der Waals surface area contributed by atoms with Crippen LogP contribution in [0, 0.1) is 0 Å². The highest BCUT2D eigenvalue weighted by atomic mass is 16.1. The van der Waals surface area contributed by atoms with Gasteiger partial charge < -0.3 is 4.90 Å². The average Bonchev–Trinajstić information content (AvgIpc) is 2.51. The van der Waals surface area contributed by atoms with Gasteiger partial charge in [0.15, 0.2) is 11.6 Å². The van der Waals surface area contributed by atoms with Crippen LogP contribution in [0.15, 0.2) is 57.2 Å². The topological polar surface area (TPSA) is 62.1 Å². The van der Waals surface area contributed by atoms with Gasteiger partial charge in [0.2, 0.25) is 0 Å². The van der Waals surface area contributed by atoms with Gasteiger partial charge in [0, 0.05) is 25.2 Å². The molecule has 5 nitrogen and oxygen atoms in total. The summed E-state index contributed by atoms with van der Waals surface area (Å²) in [5.74, 6) is -0.137. The van der Waals surface area contributed by atoms with E-state index in [1.54, 1.807) is 24.3 Å². The minimum atomic E-state index is -0.0776. The SMILES string of the molecule is CCN(CC)C1=C(C)C=C(N=NC2=CC=CCC2=O)C(=O)C1. The number of hydrogen-bond donors (Lipinski definition) is 0. The maximum absolute atomic E-state index is 12.2. The van der Waals surface area contributed by atoms with E-state index in [-0.39, 0.29) is 11.6 Å². The predicted molar refractivity (Wildman–Crippen MR) is 85.0 cm³/mol. The largest absolute Gasteiger partial charge is 0.375 e. The summed E-state index contributed by atoms with van der Waals surface area (Å²) in [6.45, 7) is 7.86. The number of carbonyl (C=O) groups is 2. The molecule has 0 saturated heterocycles. The van der Waals surface area contributed by atoms with E-state index in [0.717, 1.165) is 24.4 Å². The van der Waals surface area contributed by atoms with Crippen molar-refractivity contribution >= 4 is 11.6 Å². The van der Waals surface area contributed by atoms with Crippen LogP contribution in [0.1, 0.15) is 33.6 Å². The maximum Gasteiger partial charge on any atom is 0.188 e. The summed E-state index contributed by atoms with van der Waals surface area (Å²) in [6, 6.07) is 0. The van der Waals surface area contributed by atoms with Crippen molar-refractivity contribution in [3.05, 3.63) is 47.0 Å². The van der Waals surface area contributed by atoms with E-state index in [9.17, 15) is 9.59 Å². The molecule has 5 heteroatoms. The highest BCUT2D eigenvalue weighted by Crippen LogP contribution is 2.25. The minimum absolute atomic E-state index is 0.0596. The molecule has 2 rings (SSSR count). The fourth-order valence-electron chi connectivity index (χ4n) is 2.53. The number of nitrogens with zero attached hydrogens (tertiary/aromatic N) is 3. The van der Waals surface area contributed by atoms with Gasteiger partial charge in [-0.15, -0.1) is 10.2 Å². The molecule has 0 aromatic rings. The highest BCUT2D eigenvalue weighted by molar-refractivity contribution is 5.99. The third-order valence-corrected chi connectivity index (χ3v) is 3.81. The lowest BCUT2D eigenvalue weighted by Gasteiger charge is -2.27. The molecule has 0 aromatic carbocycles. The van der Waals surface area contributed by atoms with Crippen molar-refractivity contribution in [2.45, 2.75) is 33.6 Å². The first-order valence-corrected chi connectivity index (χ1v) is 7.58. The fourth-order valence-corrected chi connectivity index (χ4v) is 2.53. The molecule has 0 atom stereocenters. The molecule has 0 bridgehead atoms. The van der Waals surface area contributed by atoms with Crippen molar-refractivity contribution in [1.29, 1.82) is 0 Å². The molecule has 0 aliphatic heterocycles. The average molecular weight is 299 g/mol. The molecule has 0 amide bonds. The number of hydrogen-bond acceptors (Lipinski definition) is 5. The lowest BCUT2D eigenvalue weighted by atomic mass is 9.99. The second-order valence-electron chi connectivity index (χ2n) is 5.24. The number of carbonyl (C=O) groups excluding carboxylic acids is 2. The molecule has 116 valence electrons. The number of rotatable bonds is 5. The smallest absolute Gasteiger partial charge is 0.188 e. The Morgan fingerprint density at radius 2 is 1.77 bits per heavy atom. The Balaban J connectivity index is 2.23. The first-order chi connectivity index (χ1) is 10.6. The van der Waals surface area contributed by atoms with Crippen LogP contribution in [0.5, 0.6) is 0 Å². The number of Topliss-reactive ketones (excluding diaryl/α,β-unsaturated/α-hetero) is 2. The van der Waals surface area contributed by atoms with Crippen molar-refractivity contribution in [3.63, 3.8) is 0 Å². The predicted octanol–water partition coefficient (Wildman–Crippen LogP) is 3.32. The third-order valence-electron chi connectivity index (χ3n) is 3.81. The molecule has 2 aliphatic rings. The van der Waals surface area contributed by atoms with Crippen LogP contribution in [0.2, 0.25) is 0 Å². The molecule has 0 fully saturated rings. The van der Waals surface area contributed by atoms with Gasteiger partial charge in [0.25, 0.3) is 0 Å². The Kier molecular flexibility index (Phi) is 5.20. The number of allylic oxidation sites excluding steroid dienone is 8. The molecule has 0 unspecified atom stereocenters. The molecular weight excluding hydrogens is 278 g/mol. The van der Waals surface area contributed by atoms with Crippen molar-refractivity contribution in [3.8, 4) is 0 Å². The molecule has 0 N–H and O–H groups in total. The summed E-state index contributed by atoms with van der Waals surface area (Å²) in [7, 11) is 0. The third kappa shape index (κ3) is 3.47. The zero-order valence-corrected chi connectivity index (χ0v) is 13.3. The quantitative estimate of drug-likeness (QED) is 0.732. The van der Waals surface area contributed by atoms with E-state index in [0.29, 0.717) is 24.2 Å². The van der Waals surface area contributed by atoms with Crippen molar-refractivity contribution in [2.24, 2.45) is 10.2 Å². The monoisotopic (exact) mass is 299 g/mol. The first-order valence-electron chi connectivity index (χ1n) is 7.58. The standard InChI is InChI=1S/C17H21N3O2/c1-4-20(5-2)15-11-17(22)14(10-12(15)3)19-18-13-8-6-7-9-16(13)21/h6-8,10H,4-5,9,11H2,1-3H3. The van der Waals surface area contributed by atoms with E-state index in [1.807, 2.05) is 6.92 Å². The second kappa shape index (κ2) is 7.11. The zero-order chi connectivity index (χ0) is 16.1. The Labute approximate surface area is 130 Å². The van der Waals surface area contributed by atoms with Crippen LogP contribution in [-0.2, 0) is 9.59 Å². The van der Waals surface area contributed by atoms with E-state index in [1.165, 1.54) is 0 Å². The van der Waals surface area contributed by atoms with Crippen molar-refractivity contribution in [2.75, 3.05) is 13.1 Å². The van der Waals surface area contributed by atoms with Gasteiger partial charge >= 0.3 is 0 Å². The van der Waals surface area contributed by atoms with Crippen LogP contribution in [0.3, 0.4) is 0 Å². The lowest BCUT2D eigenvalue weighted by Crippen LogP contribution is -2.27. The fraction of sp³-hybridized carbons (Fsp3) is 0.412. The molecular formula is C17H21N3O2. The summed E-state index contributed by atoms with van der Waals surface area (Å²) in [4.78, 5) is 26.1. The molecule has 0 aromatic heterocycles. The van der Waals surface area contributed by atoms with Gasteiger partial charge in [-0.2, -0.15) is 0 Å². The Hall–Kier alpha value is -2.30. The summed E-state index contributed by atoms with van der Waals surface area (Å²) in [5.41, 5.74) is 2.69. The van der Waals surface area contributed by atoms with E-state index in [4.69, 9.17) is 0 Å². The van der Waals surface area contributed by atoms with Crippen LogP contribution in [-0.4, -0.2) is 29.6 Å². The molecule has 0 radical (unpaired) electrons. The minimum Gasteiger partial charge on any atom is -0.375 e. The van der Waals surface area contributed by atoms with Gasteiger partial charge in [-0.1, -0.05) is 12.2 Å². The van der Waals surface area contributed by atoms with Crippen molar-refractivity contribution < 1.29 is 9.59 Å². The van der Waals surface area contributed by atoms with Gasteiger partial charge in [0.1, 0.15) is 11.4 Å². The van der Waals surface area contributed by atoms with Gasteiger partial charge in [-0.25, -0.2) is 0 Å². The van der Waals surface area contributed by atoms with Crippen LogP contribution < -0.4 is 0 Å². The van der Waals surface area contributed by atoms with E-state index in [2.05, 4.69) is 29.0 Å². The molecule has 2 aliphatic carbocycles. The lowest BCUT2D eigenvalue weighted by molar-refractivity contribution is -0.116. The Bertz CT molecular complexity index is 632.